The predicted octanol–water partition coefficient (Wildman–Crippen LogP) is 2.86. The van der Waals surface area contributed by atoms with Crippen LogP contribution in [0.2, 0.25) is 0 Å². The third kappa shape index (κ3) is 3.48. The molecule has 0 fully saturated rings. The number of fused-ring (bicyclic) bond motifs is 1. The minimum absolute atomic E-state index is 0.238. The van der Waals surface area contributed by atoms with E-state index in [9.17, 15) is 4.79 Å². The first-order chi connectivity index (χ1) is 13.6. The topological polar surface area (TPSA) is 84.6 Å². The molecule has 0 saturated carbocycles. The lowest BCUT2D eigenvalue weighted by atomic mass is 10.1. The van der Waals surface area contributed by atoms with Crippen LogP contribution in [0.1, 0.15) is 6.42 Å². The third-order valence-corrected chi connectivity index (χ3v) is 5.16. The van der Waals surface area contributed by atoms with Crippen molar-refractivity contribution in [1.29, 1.82) is 0 Å². The van der Waals surface area contributed by atoms with Crippen LogP contribution in [-0.2, 0) is 0 Å². The average molecular weight is 462 g/mol. The first-order valence-corrected chi connectivity index (χ1v) is 9.52. The molecule has 3 heterocycles. The van der Waals surface area contributed by atoms with E-state index in [0.717, 1.165) is 4.47 Å². The maximum absolute atomic E-state index is 12.9. The Labute approximate surface area is 174 Å². The van der Waals surface area contributed by atoms with Crippen molar-refractivity contribution in [3.05, 3.63) is 40.1 Å². The van der Waals surface area contributed by atoms with E-state index < -0.39 is 6.10 Å². The zero-order valence-electron chi connectivity index (χ0n) is 14.4. The van der Waals surface area contributed by atoms with Crippen LogP contribution in [0.4, 0.5) is 10.5 Å². The number of aromatic nitrogens is 3. The summed E-state index contributed by atoms with van der Waals surface area (Å²) in [5, 5.41) is 11.4. The number of rotatable bonds is 2. The Bertz CT molecular complexity index is 1010. The van der Waals surface area contributed by atoms with Crippen LogP contribution in [0, 0.1) is 12.3 Å². The standard InChI is InChI=1S/C18H14BrClN6O2/c1-2-12-10-25(15-5-3-4-13(19)16(15)28-12)18(27)24-11-8-14(20)17(21-9-11)26-22-6-7-23-26/h1,3-7,9,11-12H,8,10H2,(H,24,27). The van der Waals surface area contributed by atoms with Crippen molar-refractivity contribution in [2.24, 2.45) is 4.99 Å². The summed E-state index contributed by atoms with van der Waals surface area (Å²) < 4.78 is 6.50. The molecule has 2 aliphatic heterocycles. The zero-order chi connectivity index (χ0) is 19.7. The van der Waals surface area contributed by atoms with Gasteiger partial charge in [0, 0.05) is 12.6 Å². The lowest BCUT2D eigenvalue weighted by Crippen LogP contribution is -2.51. The maximum atomic E-state index is 12.9. The summed E-state index contributed by atoms with van der Waals surface area (Å²) in [5.74, 6) is 3.52. The van der Waals surface area contributed by atoms with E-state index in [1.807, 2.05) is 12.1 Å². The molecule has 0 saturated heterocycles. The fourth-order valence-electron chi connectivity index (χ4n) is 2.93. The van der Waals surface area contributed by atoms with Crippen molar-refractivity contribution in [2.45, 2.75) is 18.6 Å². The van der Waals surface area contributed by atoms with Gasteiger partial charge < -0.3 is 10.1 Å². The minimum atomic E-state index is -0.544. The van der Waals surface area contributed by atoms with Gasteiger partial charge in [-0.2, -0.15) is 10.2 Å². The van der Waals surface area contributed by atoms with Crippen molar-refractivity contribution >= 4 is 51.3 Å². The first kappa shape index (κ1) is 18.5. The van der Waals surface area contributed by atoms with Crippen LogP contribution in [0.3, 0.4) is 0 Å². The van der Waals surface area contributed by atoms with Gasteiger partial charge in [0.25, 0.3) is 0 Å². The van der Waals surface area contributed by atoms with Gasteiger partial charge in [0.05, 0.1) is 40.2 Å². The second-order valence-corrected chi connectivity index (χ2v) is 7.37. The fourth-order valence-corrected chi connectivity index (χ4v) is 3.67. The number of ether oxygens (including phenoxy) is 1. The second kappa shape index (κ2) is 7.66. The van der Waals surface area contributed by atoms with E-state index in [1.165, 1.54) is 17.2 Å². The highest BCUT2D eigenvalue weighted by atomic mass is 79.9. The van der Waals surface area contributed by atoms with Crippen molar-refractivity contribution < 1.29 is 9.53 Å². The van der Waals surface area contributed by atoms with Crippen LogP contribution in [-0.4, -0.2) is 45.9 Å². The fraction of sp³-hybridized carbons (Fsp3) is 0.222. The van der Waals surface area contributed by atoms with Crippen molar-refractivity contribution in [2.75, 3.05) is 11.4 Å². The molecule has 4 rings (SSSR count). The Balaban J connectivity index is 1.52. The van der Waals surface area contributed by atoms with Gasteiger partial charge in [-0.15, -0.1) is 11.2 Å². The molecule has 0 aliphatic carbocycles. The highest BCUT2D eigenvalue weighted by molar-refractivity contribution is 9.10. The summed E-state index contributed by atoms with van der Waals surface area (Å²) in [6.45, 7) is 0.238. The molecular weight excluding hydrogens is 448 g/mol. The Hall–Kier alpha value is -2.83. The van der Waals surface area contributed by atoms with Gasteiger partial charge in [-0.1, -0.05) is 23.6 Å². The monoisotopic (exact) mass is 460 g/mol. The number of para-hydroxylation sites is 1. The van der Waals surface area contributed by atoms with Gasteiger partial charge in [-0.05, 0) is 28.1 Å². The summed E-state index contributed by atoms with van der Waals surface area (Å²) in [5.41, 5.74) is 0.634. The summed E-state index contributed by atoms with van der Waals surface area (Å²) in [6.07, 6.45) is 10.1. The molecule has 1 aromatic carbocycles. The molecule has 142 valence electrons. The SMILES string of the molecule is C#CC1CN(C(=O)NC2C=NC(n3nccn3)=C(Cl)C2)c2cccc(Br)c2O1. The molecule has 0 bridgehead atoms. The van der Waals surface area contributed by atoms with E-state index in [-0.39, 0.29) is 18.6 Å². The molecule has 0 radical (unpaired) electrons. The highest BCUT2D eigenvalue weighted by Gasteiger charge is 2.31. The number of benzene rings is 1. The number of carbonyl (C=O) groups is 1. The van der Waals surface area contributed by atoms with E-state index in [0.29, 0.717) is 28.7 Å². The largest absolute Gasteiger partial charge is 0.472 e. The van der Waals surface area contributed by atoms with Crippen LogP contribution in [0.25, 0.3) is 5.82 Å². The molecule has 28 heavy (non-hydrogen) atoms. The number of halogens is 2. The quantitative estimate of drug-likeness (QED) is 0.697. The smallest absolute Gasteiger partial charge is 0.322 e. The van der Waals surface area contributed by atoms with Gasteiger partial charge in [0.15, 0.2) is 17.7 Å². The van der Waals surface area contributed by atoms with Crippen LogP contribution in [0.5, 0.6) is 5.75 Å². The summed E-state index contributed by atoms with van der Waals surface area (Å²) in [6, 6.07) is 4.77. The molecular formula is C18H14BrClN6O2. The molecule has 2 aliphatic rings. The second-order valence-electron chi connectivity index (χ2n) is 6.06. The molecule has 0 spiro atoms. The van der Waals surface area contributed by atoms with E-state index in [1.54, 1.807) is 17.2 Å². The normalized spacial score (nSPS) is 21.0. The first-order valence-electron chi connectivity index (χ1n) is 8.35. The molecule has 2 aromatic rings. The number of anilines is 1. The number of aliphatic imine (C=N–C) groups is 1. The van der Waals surface area contributed by atoms with Gasteiger partial charge in [0.2, 0.25) is 0 Å². The Kier molecular flexibility index (Phi) is 5.07. The Morgan fingerprint density at radius 1 is 1.39 bits per heavy atom. The van der Waals surface area contributed by atoms with Crippen LogP contribution >= 0.6 is 27.5 Å². The minimum Gasteiger partial charge on any atom is -0.472 e. The number of nitrogens with one attached hydrogen (secondary N) is 1. The van der Waals surface area contributed by atoms with E-state index >= 15 is 0 Å². The van der Waals surface area contributed by atoms with E-state index in [2.05, 4.69) is 42.4 Å². The number of nitrogens with zero attached hydrogens (tertiary/aromatic N) is 5. The van der Waals surface area contributed by atoms with Crippen molar-refractivity contribution in [3.63, 3.8) is 0 Å². The molecule has 1 N–H and O–H groups in total. The number of terminal acetylenes is 1. The predicted molar refractivity (Wildman–Crippen MR) is 109 cm³/mol. The molecule has 1 aromatic heterocycles. The van der Waals surface area contributed by atoms with Crippen LogP contribution < -0.4 is 15.0 Å². The number of amides is 2. The number of hydrogen-bond acceptors (Lipinski definition) is 5. The maximum Gasteiger partial charge on any atom is 0.322 e. The summed E-state index contributed by atoms with van der Waals surface area (Å²) in [7, 11) is 0. The van der Waals surface area contributed by atoms with Crippen molar-refractivity contribution in [1.82, 2.24) is 20.3 Å². The zero-order valence-corrected chi connectivity index (χ0v) is 16.8. The Morgan fingerprint density at radius 2 is 2.18 bits per heavy atom. The van der Waals surface area contributed by atoms with Gasteiger partial charge in [0.1, 0.15) is 0 Å². The van der Waals surface area contributed by atoms with Gasteiger partial charge >= 0.3 is 6.03 Å². The highest BCUT2D eigenvalue weighted by Crippen LogP contribution is 2.39. The molecule has 2 unspecified atom stereocenters. The summed E-state index contributed by atoms with van der Waals surface area (Å²) in [4.78, 5) is 20.1. The number of hydrogen-bond donors (Lipinski definition) is 1. The van der Waals surface area contributed by atoms with Crippen molar-refractivity contribution in [3.8, 4) is 18.1 Å². The average Bonchev–Trinajstić information content (AvgIpc) is 3.22. The Morgan fingerprint density at radius 3 is 2.89 bits per heavy atom. The lowest BCUT2D eigenvalue weighted by Gasteiger charge is -2.34. The molecule has 8 nitrogen and oxygen atoms in total. The van der Waals surface area contributed by atoms with Gasteiger partial charge in [-0.3, -0.25) is 4.90 Å². The third-order valence-electron chi connectivity index (χ3n) is 4.21. The molecule has 10 heteroatoms. The number of carbonyl (C=O) groups excluding carboxylic acids is 1. The lowest BCUT2D eigenvalue weighted by molar-refractivity contribution is 0.225. The summed E-state index contributed by atoms with van der Waals surface area (Å²) >= 11 is 9.77. The van der Waals surface area contributed by atoms with Crippen LogP contribution in [0.15, 0.2) is 45.1 Å². The van der Waals surface area contributed by atoms with E-state index in [4.69, 9.17) is 22.8 Å². The molecule has 2 atom stereocenters. The molecule has 2 amide bonds. The number of urea groups is 1. The van der Waals surface area contributed by atoms with Gasteiger partial charge in [-0.25, -0.2) is 9.79 Å².